The predicted octanol–water partition coefficient (Wildman–Crippen LogP) is 9.61. The molecule has 0 saturated carbocycles. The molecule has 0 aliphatic carbocycles. The lowest BCUT2D eigenvalue weighted by atomic mass is 9.80. The fraction of sp³-hybridized carbons (Fsp3) is 0.417. The van der Waals surface area contributed by atoms with Gasteiger partial charge in [-0.05, 0) is 97.4 Å². The van der Waals surface area contributed by atoms with Crippen LogP contribution >= 0.6 is 43.5 Å². The van der Waals surface area contributed by atoms with Crippen molar-refractivity contribution in [3.05, 3.63) is 85.9 Å². The molecular weight excluding hydrogens is 748 g/mol. The van der Waals surface area contributed by atoms with Gasteiger partial charge in [-0.25, -0.2) is 0 Å². The Morgan fingerprint density at radius 2 is 1.74 bits per heavy atom. The van der Waals surface area contributed by atoms with Gasteiger partial charge in [0, 0.05) is 39.9 Å². The molecule has 5 rings (SSSR count). The molecule has 0 amide bonds. The normalized spacial score (nSPS) is 16.6. The zero-order valence-electron chi connectivity index (χ0n) is 27.8. The van der Waals surface area contributed by atoms with Crippen LogP contribution in [-0.2, 0) is 21.4 Å². The number of hydroxylamine groups is 2. The van der Waals surface area contributed by atoms with E-state index in [2.05, 4.69) is 69.8 Å². The topological polar surface area (TPSA) is 89.7 Å². The first kappa shape index (κ1) is 35.4. The van der Waals surface area contributed by atoms with E-state index in [1.54, 1.807) is 12.3 Å². The molecule has 1 aliphatic heterocycles. The van der Waals surface area contributed by atoms with E-state index >= 15 is 0 Å². The maximum Gasteiger partial charge on any atom is 0.306 e. The third kappa shape index (κ3) is 8.21. The lowest BCUT2D eigenvalue weighted by Gasteiger charge is -2.52. The van der Waals surface area contributed by atoms with Gasteiger partial charge in [0.05, 0.1) is 21.7 Å². The number of piperidine rings is 1. The number of aromatic nitrogens is 3. The Hall–Kier alpha value is -2.92. The molecule has 1 N–H and O–H groups in total. The summed E-state index contributed by atoms with van der Waals surface area (Å²) in [5.74, 6) is 0.559. The second-order valence-corrected chi connectivity index (χ2v) is 16.6. The lowest BCUT2D eigenvalue weighted by Crippen LogP contribution is -2.63. The van der Waals surface area contributed by atoms with Crippen molar-refractivity contribution in [2.45, 2.75) is 96.7 Å². The number of phenols is 1. The van der Waals surface area contributed by atoms with Crippen LogP contribution in [0.5, 0.6) is 11.5 Å². The third-order valence-corrected chi connectivity index (χ3v) is 9.69. The first-order chi connectivity index (χ1) is 21.9. The number of carbonyl (C=O) groups excluding carboxylic acids is 1. The van der Waals surface area contributed by atoms with Crippen LogP contribution in [0.4, 0.5) is 0 Å². The van der Waals surface area contributed by atoms with Crippen molar-refractivity contribution in [2.75, 3.05) is 0 Å². The number of aryl methyl sites for hydroxylation is 1. The number of nitrogens with zero attached hydrogens (tertiary/aromatic N) is 4. The maximum atomic E-state index is 13.3. The number of esters is 1. The van der Waals surface area contributed by atoms with Crippen molar-refractivity contribution >= 4 is 49.4 Å². The van der Waals surface area contributed by atoms with E-state index in [1.165, 1.54) is 4.80 Å². The highest BCUT2D eigenvalue weighted by molar-refractivity contribution is 9.11. The minimum absolute atomic E-state index is 0.102. The van der Waals surface area contributed by atoms with E-state index in [1.807, 2.05) is 74.4 Å². The molecule has 0 bridgehead atoms. The van der Waals surface area contributed by atoms with Gasteiger partial charge in [-0.3, -0.25) is 4.79 Å². The van der Waals surface area contributed by atoms with E-state index in [4.69, 9.17) is 21.2 Å². The second-order valence-electron chi connectivity index (χ2n) is 14.4. The zero-order valence-corrected chi connectivity index (χ0v) is 31.7. The van der Waals surface area contributed by atoms with Crippen molar-refractivity contribution in [2.24, 2.45) is 0 Å². The predicted molar refractivity (Wildman–Crippen MR) is 192 cm³/mol. The second kappa shape index (κ2) is 13.5. The summed E-state index contributed by atoms with van der Waals surface area (Å²) in [6.07, 6.45) is 3.24. The van der Waals surface area contributed by atoms with Crippen LogP contribution in [0.15, 0.2) is 69.7 Å². The number of halogens is 3. The molecule has 1 fully saturated rings. The molecule has 0 radical (unpaired) electrons. The number of hydrogen-bond acceptors (Lipinski definition) is 7. The summed E-state index contributed by atoms with van der Waals surface area (Å²) in [6, 6.07) is 17.0. The molecular formula is C36H41Br2ClN4O4. The molecule has 8 nitrogen and oxygen atoms in total. The average molecular weight is 789 g/mol. The molecule has 3 aromatic carbocycles. The molecule has 250 valence electrons. The van der Waals surface area contributed by atoms with Gasteiger partial charge in [0.15, 0.2) is 5.75 Å². The highest BCUT2D eigenvalue weighted by Crippen LogP contribution is 2.42. The Kier molecular flexibility index (Phi) is 10.2. The van der Waals surface area contributed by atoms with E-state index in [9.17, 15) is 9.90 Å². The van der Waals surface area contributed by atoms with E-state index < -0.39 is 11.1 Å². The van der Waals surface area contributed by atoms with Crippen molar-refractivity contribution in [3.63, 3.8) is 0 Å². The SMILES string of the molecule is CC(C)(C)c1cc(CCC(=O)OC2CC(C)(C)N(Oc3ccc(Br)cc3Br)C(C)(C)C2)cc(-n2ncc(-c3cccc(Cl)c3)n2)c1O. The monoisotopic (exact) mass is 786 g/mol. The summed E-state index contributed by atoms with van der Waals surface area (Å²) in [7, 11) is 0. The Morgan fingerprint density at radius 1 is 1.04 bits per heavy atom. The minimum atomic E-state index is -0.409. The molecule has 0 unspecified atom stereocenters. The summed E-state index contributed by atoms with van der Waals surface area (Å²) in [6.45, 7) is 14.5. The smallest absolute Gasteiger partial charge is 0.306 e. The highest BCUT2D eigenvalue weighted by Gasteiger charge is 2.49. The van der Waals surface area contributed by atoms with Crippen LogP contribution in [-0.4, -0.2) is 48.3 Å². The first-order valence-electron chi connectivity index (χ1n) is 15.6. The van der Waals surface area contributed by atoms with Crippen molar-refractivity contribution in [3.8, 4) is 28.4 Å². The molecule has 0 spiro atoms. The fourth-order valence-corrected chi connectivity index (χ4v) is 7.66. The number of ether oxygens (including phenoxy) is 1. The standard InChI is InChI=1S/C36H41Br2ClN4O4/c1-34(2,3)27-15-22(16-30(33(27)45)42-40-21-29(41-42)23-9-8-10-25(39)17-23)11-14-32(44)46-26-19-35(4,5)43(36(6,7)20-26)47-31-13-12-24(37)18-28(31)38/h8-10,12-13,15-18,21,26,45H,11,14,19-20H2,1-7H3. The number of aromatic hydroxyl groups is 1. The highest BCUT2D eigenvalue weighted by atomic mass is 79.9. The molecule has 1 aliphatic rings. The van der Waals surface area contributed by atoms with Gasteiger partial charge >= 0.3 is 5.97 Å². The van der Waals surface area contributed by atoms with Crippen molar-refractivity contribution in [1.82, 2.24) is 20.1 Å². The van der Waals surface area contributed by atoms with Crippen LogP contribution in [0.25, 0.3) is 16.9 Å². The van der Waals surface area contributed by atoms with Gasteiger partial charge < -0.3 is 14.7 Å². The lowest BCUT2D eigenvalue weighted by molar-refractivity contribution is -0.238. The van der Waals surface area contributed by atoms with Gasteiger partial charge in [0.2, 0.25) is 0 Å². The number of benzene rings is 3. The maximum absolute atomic E-state index is 13.3. The molecule has 1 aromatic heterocycles. The van der Waals surface area contributed by atoms with Crippen LogP contribution in [0.2, 0.25) is 5.02 Å². The Morgan fingerprint density at radius 3 is 2.38 bits per heavy atom. The molecule has 0 atom stereocenters. The molecule has 4 aromatic rings. The first-order valence-corrected chi connectivity index (χ1v) is 17.6. The molecule has 2 heterocycles. The summed E-state index contributed by atoms with van der Waals surface area (Å²) in [5, 5.41) is 23.0. The molecule has 11 heteroatoms. The quantitative estimate of drug-likeness (QED) is 0.178. The van der Waals surface area contributed by atoms with Crippen molar-refractivity contribution < 1.29 is 19.5 Å². The average Bonchev–Trinajstić information content (AvgIpc) is 3.44. The zero-order chi connectivity index (χ0) is 34.3. The van der Waals surface area contributed by atoms with Crippen molar-refractivity contribution in [1.29, 1.82) is 0 Å². The van der Waals surface area contributed by atoms with Gasteiger partial charge in [0.1, 0.15) is 23.2 Å². The third-order valence-electron chi connectivity index (χ3n) is 8.34. The van der Waals surface area contributed by atoms with E-state index in [0.29, 0.717) is 35.7 Å². The molecule has 47 heavy (non-hydrogen) atoms. The van der Waals surface area contributed by atoms with Gasteiger partial charge in [-0.15, -0.1) is 15.0 Å². The van der Waals surface area contributed by atoms with E-state index in [-0.39, 0.29) is 29.7 Å². The van der Waals surface area contributed by atoms with Crippen LogP contribution in [0.1, 0.15) is 78.9 Å². The van der Waals surface area contributed by atoms with Crippen LogP contribution in [0, 0.1) is 0 Å². The van der Waals surface area contributed by atoms with Gasteiger partial charge in [0.25, 0.3) is 0 Å². The number of carbonyl (C=O) groups is 1. The Labute approximate surface area is 298 Å². The van der Waals surface area contributed by atoms with Crippen LogP contribution in [0.3, 0.4) is 0 Å². The summed E-state index contributed by atoms with van der Waals surface area (Å²) >= 11 is 13.3. The Bertz CT molecular complexity index is 1770. The van der Waals surface area contributed by atoms with Crippen LogP contribution < -0.4 is 4.84 Å². The summed E-state index contributed by atoms with van der Waals surface area (Å²) < 4.78 is 7.90. The van der Waals surface area contributed by atoms with E-state index in [0.717, 1.165) is 31.4 Å². The number of phenolic OH excluding ortho intramolecular Hbond substituents is 1. The fourth-order valence-electron chi connectivity index (χ4n) is 6.35. The summed E-state index contributed by atoms with van der Waals surface area (Å²) in [5.41, 5.74) is 2.34. The number of hydrogen-bond donors (Lipinski definition) is 1. The Balaban J connectivity index is 1.30. The molecule has 1 saturated heterocycles. The number of rotatable bonds is 8. The van der Waals surface area contributed by atoms with Gasteiger partial charge in [-0.2, -0.15) is 5.10 Å². The summed E-state index contributed by atoms with van der Waals surface area (Å²) in [4.78, 5) is 21.2. The minimum Gasteiger partial charge on any atom is -0.505 e. The largest absolute Gasteiger partial charge is 0.505 e. The van der Waals surface area contributed by atoms with Gasteiger partial charge in [-0.1, -0.05) is 66.5 Å².